The van der Waals surface area contributed by atoms with E-state index in [9.17, 15) is 5.11 Å². The molecule has 0 radical (unpaired) electrons. The molecule has 0 atom stereocenters. The Bertz CT molecular complexity index is 1540. The first-order valence-electron chi connectivity index (χ1n) is 11.6. The van der Waals surface area contributed by atoms with Gasteiger partial charge < -0.3 is 5.11 Å². The van der Waals surface area contributed by atoms with E-state index in [0.29, 0.717) is 0 Å². The highest BCUT2D eigenvalue weighted by molar-refractivity contribution is 7.99. The molecule has 162 valence electrons. The van der Waals surface area contributed by atoms with Crippen molar-refractivity contribution >= 4 is 11.8 Å². The van der Waals surface area contributed by atoms with Crippen LogP contribution in [0.15, 0.2) is 125 Å². The molecular weight excluding hydrogens is 432 g/mol. The maximum atomic E-state index is 12.6. The van der Waals surface area contributed by atoms with Crippen molar-refractivity contribution in [2.45, 2.75) is 21.8 Å². The molecule has 1 nitrogen and oxygen atoms in total. The van der Waals surface area contributed by atoms with Gasteiger partial charge in [0.1, 0.15) is 5.60 Å². The molecule has 1 heterocycles. The van der Waals surface area contributed by atoms with E-state index in [1.807, 2.05) is 30.0 Å². The van der Waals surface area contributed by atoms with E-state index in [0.717, 1.165) is 39.8 Å². The standard InChI is InChI=1S/C32H22OS/c33-32(27-16-5-2-12-23(27)24-13-3-6-17-28(24)32)29-18-7-4-14-25(29)26-15-9-11-22-20-21-10-1-8-19-30(21)34-31(22)26/h1-19,33H,20H2. The molecule has 0 unspecified atom stereocenters. The molecule has 0 saturated heterocycles. The third-order valence-electron chi connectivity index (χ3n) is 7.19. The van der Waals surface area contributed by atoms with Gasteiger partial charge in [-0.05, 0) is 45.9 Å². The number of rotatable bonds is 2. The number of hydrogen-bond acceptors (Lipinski definition) is 2. The molecule has 1 aliphatic carbocycles. The SMILES string of the molecule is OC1(c2ccccc2-c2cccc3c2Sc2ccccc2C3)c2ccccc2-c2ccccc21. The topological polar surface area (TPSA) is 20.2 Å². The van der Waals surface area contributed by atoms with Gasteiger partial charge in [0.25, 0.3) is 0 Å². The Hall–Kier alpha value is -3.59. The van der Waals surface area contributed by atoms with E-state index >= 15 is 0 Å². The van der Waals surface area contributed by atoms with Gasteiger partial charge in [-0.15, -0.1) is 0 Å². The highest BCUT2D eigenvalue weighted by Crippen LogP contribution is 2.54. The van der Waals surface area contributed by atoms with Crippen LogP contribution in [0.25, 0.3) is 22.3 Å². The number of hydrogen-bond donors (Lipinski definition) is 1. The van der Waals surface area contributed by atoms with Crippen LogP contribution < -0.4 is 0 Å². The summed E-state index contributed by atoms with van der Waals surface area (Å²) in [7, 11) is 0. The van der Waals surface area contributed by atoms with Gasteiger partial charge in [-0.25, -0.2) is 0 Å². The Balaban J connectivity index is 1.47. The van der Waals surface area contributed by atoms with Crippen LogP contribution in [-0.2, 0) is 12.0 Å². The second-order valence-electron chi connectivity index (χ2n) is 9.03. The first-order chi connectivity index (χ1) is 16.7. The van der Waals surface area contributed by atoms with Gasteiger partial charge in [0.05, 0.1) is 0 Å². The second kappa shape index (κ2) is 7.46. The van der Waals surface area contributed by atoms with Crippen LogP contribution in [0.1, 0.15) is 27.8 Å². The molecule has 1 aliphatic heterocycles. The minimum Gasteiger partial charge on any atom is -0.376 e. The zero-order chi connectivity index (χ0) is 22.7. The van der Waals surface area contributed by atoms with Crippen molar-refractivity contribution in [2.24, 2.45) is 0 Å². The second-order valence-corrected chi connectivity index (χ2v) is 10.1. The Morgan fingerprint density at radius 1 is 0.500 bits per heavy atom. The van der Waals surface area contributed by atoms with E-state index in [1.54, 1.807) is 0 Å². The Kier molecular flexibility index (Phi) is 4.35. The summed E-state index contributed by atoms with van der Waals surface area (Å²) < 4.78 is 0. The fourth-order valence-corrected chi connectivity index (χ4v) is 6.85. The largest absolute Gasteiger partial charge is 0.376 e. The summed E-state index contributed by atoms with van der Waals surface area (Å²) in [6.45, 7) is 0. The van der Waals surface area contributed by atoms with Gasteiger partial charge >= 0.3 is 0 Å². The molecule has 34 heavy (non-hydrogen) atoms. The Morgan fingerprint density at radius 2 is 0.971 bits per heavy atom. The summed E-state index contributed by atoms with van der Waals surface area (Å²) in [6, 6.07) is 40.1. The Morgan fingerprint density at radius 3 is 1.62 bits per heavy atom. The van der Waals surface area contributed by atoms with Crippen LogP contribution in [0.4, 0.5) is 0 Å². The van der Waals surface area contributed by atoms with Gasteiger partial charge in [0.2, 0.25) is 0 Å². The lowest BCUT2D eigenvalue weighted by Gasteiger charge is -2.30. The average Bonchev–Trinajstić information content (AvgIpc) is 3.17. The van der Waals surface area contributed by atoms with Gasteiger partial charge in [0.15, 0.2) is 0 Å². The van der Waals surface area contributed by atoms with E-state index < -0.39 is 5.60 Å². The molecule has 0 bridgehead atoms. The van der Waals surface area contributed by atoms with Crippen molar-refractivity contribution < 1.29 is 5.11 Å². The number of benzene rings is 5. The summed E-state index contributed by atoms with van der Waals surface area (Å²) in [5.74, 6) is 0. The lowest BCUT2D eigenvalue weighted by molar-refractivity contribution is 0.131. The lowest BCUT2D eigenvalue weighted by atomic mass is 9.80. The highest BCUT2D eigenvalue weighted by atomic mass is 32.2. The molecule has 7 rings (SSSR count). The van der Waals surface area contributed by atoms with Crippen molar-refractivity contribution in [1.82, 2.24) is 0 Å². The third-order valence-corrected chi connectivity index (χ3v) is 8.50. The van der Waals surface area contributed by atoms with E-state index in [4.69, 9.17) is 0 Å². The molecule has 0 fully saturated rings. The van der Waals surface area contributed by atoms with Crippen LogP contribution >= 0.6 is 11.8 Å². The normalized spacial score (nSPS) is 14.6. The molecule has 1 N–H and O–H groups in total. The maximum Gasteiger partial charge on any atom is 0.142 e. The minimum atomic E-state index is -1.20. The van der Waals surface area contributed by atoms with E-state index in [2.05, 4.69) is 97.1 Å². The summed E-state index contributed by atoms with van der Waals surface area (Å²) in [4.78, 5) is 2.60. The van der Waals surface area contributed by atoms with Crippen molar-refractivity contribution in [1.29, 1.82) is 0 Å². The van der Waals surface area contributed by atoms with Crippen LogP contribution in [0, 0.1) is 0 Å². The van der Waals surface area contributed by atoms with Gasteiger partial charge in [-0.3, -0.25) is 0 Å². The van der Waals surface area contributed by atoms with Crippen molar-refractivity contribution in [3.05, 3.63) is 143 Å². The molecule has 0 saturated carbocycles. The monoisotopic (exact) mass is 454 g/mol. The Labute approximate surface area is 203 Å². The third kappa shape index (κ3) is 2.73. The first-order valence-corrected chi connectivity index (χ1v) is 12.5. The molecule has 0 aromatic heterocycles. The fourth-order valence-electron chi connectivity index (χ4n) is 5.66. The summed E-state index contributed by atoms with van der Waals surface area (Å²) in [5, 5.41) is 12.6. The summed E-state index contributed by atoms with van der Waals surface area (Å²) >= 11 is 1.84. The van der Waals surface area contributed by atoms with Gasteiger partial charge in [0, 0.05) is 26.5 Å². The maximum absolute atomic E-state index is 12.6. The fraction of sp³-hybridized carbons (Fsp3) is 0.0625. The van der Waals surface area contributed by atoms with Crippen LogP contribution in [0.2, 0.25) is 0 Å². The zero-order valence-electron chi connectivity index (χ0n) is 18.5. The summed E-state index contributed by atoms with van der Waals surface area (Å²) in [5.41, 5.74) is 8.82. The van der Waals surface area contributed by atoms with Crippen molar-refractivity contribution in [3.63, 3.8) is 0 Å². The lowest BCUT2D eigenvalue weighted by Crippen LogP contribution is -2.27. The molecule has 0 amide bonds. The summed E-state index contributed by atoms with van der Waals surface area (Å²) in [6.07, 6.45) is 0.935. The number of aliphatic hydroxyl groups is 1. The molecule has 5 aromatic carbocycles. The van der Waals surface area contributed by atoms with Crippen LogP contribution in [0.3, 0.4) is 0 Å². The van der Waals surface area contributed by atoms with Crippen molar-refractivity contribution in [3.8, 4) is 22.3 Å². The van der Waals surface area contributed by atoms with Crippen molar-refractivity contribution in [2.75, 3.05) is 0 Å². The van der Waals surface area contributed by atoms with E-state index in [1.165, 1.54) is 26.5 Å². The van der Waals surface area contributed by atoms with E-state index in [-0.39, 0.29) is 0 Å². The van der Waals surface area contributed by atoms with Gasteiger partial charge in [-0.2, -0.15) is 0 Å². The molecular formula is C32H22OS. The first kappa shape index (κ1) is 19.8. The minimum absolute atomic E-state index is 0.931. The predicted octanol–water partition coefficient (Wildman–Crippen LogP) is 7.67. The zero-order valence-corrected chi connectivity index (χ0v) is 19.3. The quantitative estimate of drug-likeness (QED) is 0.290. The smallest absolute Gasteiger partial charge is 0.142 e. The van der Waals surface area contributed by atoms with Gasteiger partial charge in [-0.1, -0.05) is 121 Å². The molecule has 2 heteroatoms. The molecule has 2 aliphatic rings. The average molecular weight is 455 g/mol. The molecule has 5 aromatic rings. The predicted molar refractivity (Wildman–Crippen MR) is 139 cm³/mol. The van der Waals surface area contributed by atoms with Crippen LogP contribution in [0.5, 0.6) is 0 Å². The highest BCUT2D eigenvalue weighted by Gasteiger charge is 2.44. The number of fused-ring (bicyclic) bond motifs is 5. The molecule has 0 spiro atoms. The van der Waals surface area contributed by atoms with Crippen LogP contribution in [-0.4, -0.2) is 5.11 Å².